The third-order valence-electron chi connectivity index (χ3n) is 7.08. The van der Waals surface area contributed by atoms with Gasteiger partial charge in [0.1, 0.15) is 0 Å². The van der Waals surface area contributed by atoms with Crippen molar-refractivity contribution in [1.82, 2.24) is 0 Å². The molecule has 1 saturated heterocycles. The van der Waals surface area contributed by atoms with Gasteiger partial charge >= 0.3 is 19.1 Å². The molecule has 3 aliphatic rings. The van der Waals surface area contributed by atoms with E-state index in [-0.39, 0.29) is 6.42 Å². The molecule has 0 radical (unpaired) electrons. The molecule has 3 rings (SSSR count). The summed E-state index contributed by atoms with van der Waals surface area (Å²) in [4.78, 5) is 25.5. The van der Waals surface area contributed by atoms with Gasteiger partial charge < -0.3 is 18.8 Å². The minimum Gasteiger partial charge on any atom is -0.468 e. The van der Waals surface area contributed by atoms with Gasteiger partial charge in [0.15, 0.2) is 5.41 Å². The monoisotopic (exact) mass is 430 g/mol. The lowest BCUT2D eigenvalue weighted by Gasteiger charge is -2.32. The Morgan fingerprint density at radius 2 is 1.58 bits per heavy atom. The number of ether oxygens (including phenoxy) is 2. The summed E-state index contributed by atoms with van der Waals surface area (Å²) in [5.74, 6) is -1.20. The van der Waals surface area contributed by atoms with Crippen LogP contribution in [0.1, 0.15) is 66.2 Å². The predicted molar refractivity (Wildman–Crippen MR) is 119 cm³/mol. The number of allylic oxidation sites excluding steroid dienone is 5. The molecular formula is C24H35BO6. The highest BCUT2D eigenvalue weighted by Gasteiger charge is 2.52. The van der Waals surface area contributed by atoms with Crippen LogP contribution in [-0.4, -0.2) is 44.5 Å². The van der Waals surface area contributed by atoms with Crippen molar-refractivity contribution in [1.29, 1.82) is 0 Å². The van der Waals surface area contributed by atoms with Gasteiger partial charge in [-0.05, 0) is 82.6 Å². The molecule has 1 heterocycles. The van der Waals surface area contributed by atoms with Crippen molar-refractivity contribution in [2.24, 2.45) is 5.41 Å². The molecule has 6 nitrogen and oxygen atoms in total. The Hall–Kier alpha value is -1.86. The van der Waals surface area contributed by atoms with Crippen LogP contribution in [0.25, 0.3) is 0 Å². The van der Waals surface area contributed by atoms with E-state index in [1.807, 2.05) is 33.8 Å². The zero-order chi connectivity index (χ0) is 22.9. The molecule has 0 aromatic carbocycles. The highest BCUT2D eigenvalue weighted by Crippen LogP contribution is 2.44. The maximum absolute atomic E-state index is 12.7. The summed E-state index contributed by atoms with van der Waals surface area (Å²) in [6.45, 7) is 8.14. The predicted octanol–water partition coefficient (Wildman–Crippen LogP) is 4.56. The van der Waals surface area contributed by atoms with Gasteiger partial charge in [-0.15, -0.1) is 0 Å². The number of esters is 2. The third-order valence-corrected chi connectivity index (χ3v) is 7.08. The lowest BCUT2D eigenvalue weighted by molar-refractivity contribution is -0.165. The van der Waals surface area contributed by atoms with Crippen LogP contribution < -0.4 is 0 Å². The van der Waals surface area contributed by atoms with E-state index in [2.05, 4.69) is 6.08 Å². The normalized spacial score (nSPS) is 24.5. The van der Waals surface area contributed by atoms with Gasteiger partial charge in [-0.2, -0.15) is 0 Å². The van der Waals surface area contributed by atoms with E-state index in [1.165, 1.54) is 20.6 Å². The Balaban J connectivity index is 1.99. The van der Waals surface area contributed by atoms with Crippen LogP contribution in [-0.2, 0) is 28.4 Å². The number of rotatable bonds is 5. The Kier molecular flexibility index (Phi) is 6.87. The van der Waals surface area contributed by atoms with Gasteiger partial charge in [-0.3, -0.25) is 9.59 Å². The summed E-state index contributed by atoms with van der Waals surface area (Å²) in [6.07, 6.45) is 12.0. The van der Waals surface area contributed by atoms with Crippen LogP contribution in [0.2, 0.25) is 6.32 Å². The number of hydrogen-bond acceptors (Lipinski definition) is 6. The second-order valence-electron chi connectivity index (χ2n) is 9.66. The first-order chi connectivity index (χ1) is 14.6. The van der Waals surface area contributed by atoms with E-state index in [1.54, 1.807) is 6.08 Å². The van der Waals surface area contributed by atoms with E-state index in [0.717, 1.165) is 42.4 Å². The maximum atomic E-state index is 12.7. The van der Waals surface area contributed by atoms with E-state index in [9.17, 15) is 9.59 Å². The molecule has 0 unspecified atom stereocenters. The van der Waals surface area contributed by atoms with Crippen LogP contribution >= 0.6 is 0 Å². The highest BCUT2D eigenvalue weighted by molar-refractivity contribution is 6.46. The zero-order valence-electron chi connectivity index (χ0n) is 19.7. The minimum absolute atomic E-state index is 0.192. The number of methoxy groups -OCH3 is 2. The molecule has 0 saturated carbocycles. The molecule has 31 heavy (non-hydrogen) atoms. The maximum Gasteiger partial charge on any atom is 0.462 e. The topological polar surface area (TPSA) is 71.1 Å². The quantitative estimate of drug-likeness (QED) is 0.362. The molecule has 0 N–H and O–H groups in total. The average molecular weight is 430 g/mol. The SMILES string of the molecule is COC(=O)C1(C(=O)OC)C=C(C2=CCCCCC2)C(CB2OC(C)(C)C(C)(C)O2)=CC1. The summed E-state index contributed by atoms with van der Waals surface area (Å²) in [6, 6.07) is 0. The smallest absolute Gasteiger partial charge is 0.462 e. The molecule has 0 bridgehead atoms. The number of carbonyl (C=O) groups excluding carboxylic acids is 2. The molecule has 0 spiro atoms. The number of carbonyl (C=O) groups is 2. The summed E-state index contributed by atoms with van der Waals surface area (Å²) in [5, 5.41) is 0. The summed E-state index contributed by atoms with van der Waals surface area (Å²) in [5.41, 5.74) is 0.817. The van der Waals surface area contributed by atoms with Gasteiger partial charge in [-0.25, -0.2) is 0 Å². The fourth-order valence-corrected chi connectivity index (χ4v) is 4.50. The van der Waals surface area contributed by atoms with Gasteiger partial charge in [0.2, 0.25) is 0 Å². The highest BCUT2D eigenvalue weighted by atomic mass is 16.7. The van der Waals surface area contributed by atoms with Crippen molar-refractivity contribution < 1.29 is 28.4 Å². The Labute approximate surface area is 186 Å². The Morgan fingerprint density at radius 1 is 0.968 bits per heavy atom. The second-order valence-corrected chi connectivity index (χ2v) is 9.66. The first-order valence-electron chi connectivity index (χ1n) is 11.2. The van der Waals surface area contributed by atoms with Crippen molar-refractivity contribution in [2.45, 2.75) is 83.7 Å². The lowest BCUT2D eigenvalue weighted by Crippen LogP contribution is -2.41. The van der Waals surface area contributed by atoms with Gasteiger partial charge in [0.05, 0.1) is 25.4 Å². The van der Waals surface area contributed by atoms with Gasteiger partial charge in [0, 0.05) is 6.32 Å². The summed E-state index contributed by atoms with van der Waals surface area (Å²) in [7, 11) is 2.21. The molecule has 1 aliphatic heterocycles. The van der Waals surface area contributed by atoms with Crippen molar-refractivity contribution in [2.75, 3.05) is 14.2 Å². The molecular weight excluding hydrogens is 395 g/mol. The fraction of sp³-hybridized carbons (Fsp3) is 0.667. The van der Waals surface area contributed by atoms with Crippen molar-refractivity contribution in [3.8, 4) is 0 Å². The lowest BCUT2D eigenvalue weighted by atomic mass is 9.69. The van der Waals surface area contributed by atoms with E-state index < -0.39 is 35.7 Å². The molecule has 0 atom stereocenters. The van der Waals surface area contributed by atoms with Crippen LogP contribution in [0.5, 0.6) is 0 Å². The van der Waals surface area contributed by atoms with Crippen molar-refractivity contribution in [3.63, 3.8) is 0 Å². The standard InChI is InChI=1S/C24H35BO6/c1-22(2)23(3,4)31-25(30-22)16-18-13-14-24(20(26)28-5,21(27)29-6)15-19(18)17-11-9-7-8-10-12-17/h11,13,15H,7-10,12,14,16H2,1-6H3. The third kappa shape index (κ3) is 4.53. The van der Waals surface area contributed by atoms with Crippen LogP contribution in [0.15, 0.2) is 34.9 Å². The molecule has 0 amide bonds. The van der Waals surface area contributed by atoms with Crippen molar-refractivity contribution in [3.05, 3.63) is 34.9 Å². The Morgan fingerprint density at radius 3 is 2.16 bits per heavy atom. The molecule has 2 aliphatic carbocycles. The fourth-order valence-electron chi connectivity index (χ4n) is 4.50. The first kappa shape index (κ1) is 23.8. The molecule has 7 heteroatoms. The van der Waals surface area contributed by atoms with E-state index >= 15 is 0 Å². The molecule has 170 valence electrons. The average Bonchev–Trinajstić information content (AvgIpc) is 2.92. The minimum atomic E-state index is -1.47. The zero-order valence-corrected chi connectivity index (χ0v) is 19.7. The van der Waals surface area contributed by atoms with Gasteiger partial charge in [-0.1, -0.05) is 18.6 Å². The van der Waals surface area contributed by atoms with E-state index in [4.69, 9.17) is 18.8 Å². The van der Waals surface area contributed by atoms with Crippen LogP contribution in [0, 0.1) is 5.41 Å². The molecule has 0 aromatic heterocycles. The number of hydrogen-bond donors (Lipinski definition) is 0. The first-order valence-corrected chi connectivity index (χ1v) is 11.2. The van der Waals surface area contributed by atoms with Crippen LogP contribution in [0.3, 0.4) is 0 Å². The summed E-state index contributed by atoms with van der Waals surface area (Å²) < 4.78 is 22.5. The van der Waals surface area contributed by atoms with Gasteiger partial charge in [0.25, 0.3) is 0 Å². The van der Waals surface area contributed by atoms with Crippen LogP contribution in [0.4, 0.5) is 0 Å². The Bertz CT molecular complexity index is 788. The van der Waals surface area contributed by atoms with E-state index in [0.29, 0.717) is 6.32 Å². The molecule has 0 aromatic rings. The summed E-state index contributed by atoms with van der Waals surface area (Å²) >= 11 is 0. The second kappa shape index (κ2) is 8.95. The molecule has 1 fully saturated rings. The van der Waals surface area contributed by atoms with Crippen molar-refractivity contribution >= 4 is 19.1 Å². The largest absolute Gasteiger partial charge is 0.468 e.